The molecule has 0 unspecified atom stereocenters. The van der Waals surface area contributed by atoms with Crippen molar-refractivity contribution in [2.75, 3.05) is 39.5 Å². The molecule has 0 spiro atoms. The molecule has 7 heteroatoms. The summed E-state index contributed by atoms with van der Waals surface area (Å²) in [6.45, 7) is 6.19. The molecule has 1 fully saturated rings. The van der Waals surface area contributed by atoms with Crippen molar-refractivity contribution in [3.8, 4) is 22.7 Å². The molecule has 7 nitrogen and oxygen atoms in total. The van der Waals surface area contributed by atoms with Gasteiger partial charge in [0.05, 0.1) is 36.6 Å². The number of hydrogen-bond acceptors (Lipinski definition) is 6. The molecule has 3 aromatic rings. The van der Waals surface area contributed by atoms with Crippen LogP contribution in [0.3, 0.4) is 0 Å². The van der Waals surface area contributed by atoms with E-state index in [4.69, 9.17) is 9.47 Å². The number of aromatic nitrogens is 2. The minimum atomic E-state index is -1.31. The fraction of sp³-hybridized carbons (Fsp3) is 0.304. The molecule has 0 aliphatic carbocycles. The third-order valence-corrected chi connectivity index (χ3v) is 5.19. The number of carbonyl (C=O) groups is 1. The number of aryl methyl sites for hydroxylation is 1. The summed E-state index contributed by atoms with van der Waals surface area (Å²) in [4.78, 5) is 13.7. The van der Waals surface area contributed by atoms with E-state index in [0.29, 0.717) is 26.4 Å². The number of carbonyl (C=O) groups excluding carboxylic acids is 1. The summed E-state index contributed by atoms with van der Waals surface area (Å²) in [5.74, 6) is -1.12. The van der Waals surface area contributed by atoms with Gasteiger partial charge >= 0.3 is 0 Å². The molecule has 0 amide bonds. The van der Waals surface area contributed by atoms with Crippen LogP contribution in [0, 0.1) is 6.92 Å². The van der Waals surface area contributed by atoms with Gasteiger partial charge in [0.15, 0.2) is 0 Å². The van der Waals surface area contributed by atoms with Gasteiger partial charge in [-0.3, -0.25) is 4.90 Å². The van der Waals surface area contributed by atoms with Crippen molar-refractivity contribution in [1.29, 1.82) is 0 Å². The zero-order chi connectivity index (χ0) is 20.9. The van der Waals surface area contributed by atoms with Crippen molar-refractivity contribution in [2.24, 2.45) is 0 Å². The van der Waals surface area contributed by atoms with Crippen LogP contribution in [0.2, 0.25) is 0 Å². The zero-order valence-electron chi connectivity index (χ0n) is 16.9. The number of nitrogens with zero attached hydrogens (tertiary/aromatic N) is 3. The van der Waals surface area contributed by atoms with Crippen molar-refractivity contribution in [3.05, 3.63) is 65.9 Å². The number of ether oxygens (including phenoxy) is 2. The fourth-order valence-corrected chi connectivity index (χ4v) is 3.44. The Hall–Kier alpha value is -3.16. The number of morpholine rings is 1. The summed E-state index contributed by atoms with van der Waals surface area (Å²) in [7, 11) is 0. The van der Waals surface area contributed by atoms with Crippen LogP contribution in [-0.4, -0.2) is 60.1 Å². The maximum absolute atomic E-state index is 11.5. The van der Waals surface area contributed by atoms with Gasteiger partial charge in [0, 0.05) is 19.6 Å². The Bertz CT molecular complexity index is 990. The molecule has 0 N–H and O–H groups in total. The van der Waals surface area contributed by atoms with Crippen LogP contribution in [0.15, 0.2) is 54.7 Å². The normalized spacial score (nSPS) is 14.6. The van der Waals surface area contributed by atoms with E-state index in [1.165, 1.54) is 16.4 Å². The molecule has 1 aliphatic rings. The largest absolute Gasteiger partial charge is 0.545 e. The van der Waals surface area contributed by atoms with Crippen LogP contribution < -0.4 is 9.84 Å². The smallest absolute Gasteiger partial charge is 0.226 e. The van der Waals surface area contributed by atoms with Gasteiger partial charge in [0.25, 0.3) is 0 Å². The lowest BCUT2D eigenvalue weighted by Gasteiger charge is -2.26. The van der Waals surface area contributed by atoms with E-state index in [-0.39, 0.29) is 11.4 Å². The van der Waals surface area contributed by atoms with Crippen LogP contribution >= 0.6 is 0 Å². The first-order valence-electron chi connectivity index (χ1n) is 10.0. The van der Waals surface area contributed by atoms with Crippen molar-refractivity contribution in [3.63, 3.8) is 0 Å². The first-order chi connectivity index (χ1) is 14.6. The molecule has 30 heavy (non-hydrogen) atoms. The Kier molecular flexibility index (Phi) is 6.11. The minimum absolute atomic E-state index is 0.0559. The Morgan fingerprint density at radius 2 is 1.70 bits per heavy atom. The van der Waals surface area contributed by atoms with Gasteiger partial charge in [-0.25, -0.2) is 4.68 Å². The quantitative estimate of drug-likeness (QED) is 0.597. The van der Waals surface area contributed by atoms with Gasteiger partial charge < -0.3 is 19.4 Å². The molecular weight excluding hydrogens is 382 g/mol. The molecule has 0 radical (unpaired) electrons. The molecule has 0 bridgehead atoms. The van der Waals surface area contributed by atoms with E-state index < -0.39 is 5.97 Å². The van der Waals surface area contributed by atoms with E-state index >= 15 is 0 Å². The second-order valence-electron chi connectivity index (χ2n) is 7.28. The molecule has 1 aliphatic heterocycles. The Balaban J connectivity index is 1.52. The number of carboxylic acid groups (broad SMARTS) is 1. The van der Waals surface area contributed by atoms with Gasteiger partial charge in [-0.15, -0.1) is 0 Å². The number of benzene rings is 2. The second-order valence-corrected chi connectivity index (χ2v) is 7.28. The third-order valence-electron chi connectivity index (χ3n) is 5.19. The van der Waals surface area contributed by atoms with Crippen LogP contribution in [0.4, 0.5) is 0 Å². The van der Waals surface area contributed by atoms with Gasteiger partial charge in [-0.2, -0.15) is 5.10 Å². The molecular formula is C23H24N3O4-. The van der Waals surface area contributed by atoms with Crippen molar-refractivity contribution < 1.29 is 19.4 Å². The summed E-state index contributed by atoms with van der Waals surface area (Å²) in [6.07, 6.45) is 1.27. The van der Waals surface area contributed by atoms with E-state index in [0.717, 1.165) is 29.9 Å². The summed E-state index contributed by atoms with van der Waals surface area (Å²) in [5, 5.41) is 15.8. The van der Waals surface area contributed by atoms with Gasteiger partial charge in [0.2, 0.25) is 5.88 Å². The third kappa shape index (κ3) is 4.53. The summed E-state index contributed by atoms with van der Waals surface area (Å²) in [6, 6.07) is 16.1. The number of rotatable bonds is 7. The molecule has 0 atom stereocenters. The van der Waals surface area contributed by atoms with Gasteiger partial charge in [-0.1, -0.05) is 42.0 Å². The minimum Gasteiger partial charge on any atom is -0.545 e. The first kappa shape index (κ1) is 20.1. The predicted molar refractivity (Wildman–Crippen MR) is 111 cm³/mol. The molecule has 4 rings (SSSR count). The fourth-order valence-electron chi connectivity index (χ4n) is 3.44. The number of hydrogen-bond donors (Lipinski definition) is 0. The predicted octanol–water partition coefficient (Wildman–Crippen LogP) is 1.92. The van der Waals surface area contributed by atoms with E-state index in [2.05, 4.69) is 41.2 Å². The lowest BCUT2D eigenvalue weighted by Crippen LogP contribution is -2.38. The standard InChI is InChI=1S/C23H25N3O4/c1-17-2-4-18(5-3-17)19-6-8-20(9-7-19)26-22(21(16-24-26)23(27)28)30-15-12-25-10-13-29-14-11-25/h2-9,16H,10-15H2,1H3,(H,27,28)/p-1. The van der Waals surface area contributed by atoms with Gasteiger partial charge in [-0.05, 0) is 30.2 Å². The molecule has 1 aromatic heterocycles. The van der Waals surface area contributed by atoms with Crippen molar-refractivity contribution in [1.82, 2.24) is 14.7 Å². The molecule has 2 heterocycles. The highest BCUT2D eigenvalue weighted by atomic mass is 16.5. The molecule has 1 saturated heterocycles. The number of carboxylic acids is 1. The molecule has 156 valence electrons. The monoisotopic (exact) mass is 406 g/mol. The Labute approximate surface area is 175 Å². The van der Waals surface area contributed by atoms with Gasteiger partial charge in [0.1, 0.15) is 6.61 Å². The average Bonchev–Trinajstić information content (AvgIpc) is 3.19. The first-order valence-corrected chi connectivity index (χ1v) is 10.0. The van der Waals surface area contributed by atoms with Crippen LogP contribution in [0.25, 0.3) is 16.8 Å². The van der Waals surface area contributed by atoms with E-state index in [1.807, 2.05) is 24.3 Å². The lowest BCUT2D eigenvalue weighted by molar-refractivity contribution is -0.255. The van der Waals surface area contributed by atoms with Crippen LogP contribution in [-0.2, 0) is 4.74 Å². The van der Waals surface area contributed by atoms with E-state index in [1.54, 1.807) is 0 Å². The number of aromatic carboxylic acids is 1. The molecule has 2 aromatic carbocycles. The highest BCUT2D eigenvalue weighted by Crippen LogP contribution is 2.25. The summed E-state index contributed by atoms with van der Waals surface area (Å²) >= 11 is 0. The highest BCUT2D eigenvalue weighted by molar-refractivity contribution is 5.88. The SMILES string of the molecule is Cc1ccc(-c2ccc(-n3ncc(C(=O)[O-])c3OCCN3CCOCC3)cc2)cc1. The summed E-state index contributed by atoms with van der Waals surface area (Å²) in [5.41, 5.74) is 4.06. The second kappa shape index (κ2) is 9.11. The maximum atomic E-state index is 11.5. The lowest BCUT2D eigenvalue weighted by atomic mass is 10.0. The summed E-state index contributed by atoms with van der Waals surface area (Å²) < 4.78 is 12.7. The van der Waals surface area contributed by atoms with Crippen molar-refractivity contribution in [2.45, 2.75) is 6.92 Å². The molecule has 0 saturated carbocycles. The zero-order valence-corrected chi connectivity index (χ0v) is 16.9. The van der Waals surface area contributed by atoms with Crippen LogP contribution in [0.5, 0.6) is 5.88 Å². The highest BCUT2D eigenvalue weighted by Gasteiger charge is 2.16. The van der Waals surface area contributed by atoms with Crippen molar-refractivity contribution >= 4 is 5.97 Å². The Morgan fingerprint density at radius 1 is 1.07 bits per heavy atom. The maximum Gasteiger partial charge on any atom is 0.226 e. The van der Waals surface area contributed by atoms with Crippen LogP contribution in [0.1, 0.15) is 15.9 Å². The average molecular weight is 406 g/mol. The topological polar surface area (TPSA) is 79.7 Å². The Morgan fingerprint density at radius 3 is 2.33 bits per heavy atom. The van der Waals surface area contributed by atoms with E-state index in [9.17, 15) is 9.90 Å².